The van der Waals surface area contributed by atoms with Crippen LogP contribution in [0.2, 0.25) is 10.0 Å². The molecule has 1 aromatic carbocycles. The molecule has 1 atom stereocenters. The van der Waals surface area contributed by atoms with E-state index in [0.717, 1.165) is 0 Å². The van der Waals surface area contributed by atoms with Crippen LogP contribution in [-0.4, -0.2) is 47.7 Å². The number of aliphatic carboxylic acids is 1. The van der Waals surface area contributed by atoms with Crippen LogP contribution in [0.4, 0.5) is 5.69 Å². The number of carboxylic acids is 1. The molecule has 6 nitrogen and oxygen atoms in total. The minimum atomic E-state index is -0.965. The second-order valence-electron chi connectivity index (χ2n) is 4.70. The maximum atomic E-state index is 12.4. The van der Waals surface area contributed by atoms with Crippen LogP contribution in [-0.2, 0) is 9.53 Å². The largest absolute Gasteiger partial charge is 0.481 e. The third-order valence-corrected chi connectivity index (χ3v) is 3.78. The summed E-state index contributed by atoms with van der Waals surface area (Å²) in [5.41, 5.74) is 6.17. The normalized spacial score (nSPS) is 18.6. The van der Waals surface area contributed by atoms with Crippen molar-refractivity contribution in [3.8, 4) is 0 Å². The number of benzene rings is 1. The molecule has 1 fully saturated rings. The van der Waals surface area contributed by atoms with E-state index >= 15 is 0 Å². The number of carbonyl (C=O) groups excluding carboxylic acids is 1. The van der Waals surface area contributed by atoms with Gasteiger partial charge < -0.3 is 20.5 Å². The van der Waals surface area contributed by atoms with Crippen LogP contribution in [0.25, 0.3) is 0 Å². The highest BCUT2D eigenvalue weighted by Gasteiger charge is 2.27. The second-order valence-corrected chi connectivity index (χ2v) is 5.51. The number of nitrogen functional groups attached to an aromatic ring is 1. The number of ether oxygens (including phenoxy) is 1. The first-order valence-corrected chi connectivity index (χ1v) is 7.01. The molecule has 2 rings (SSSR count). The minimum Gasteiger partial charge on any atom is -0.481 e. The molecule has 0 radical (unpaired) electrons. The SMILES string of the molecule is Nc1c(Cl)cc(C(=O)N2CCOC(CC(=O)O)C2)cc1Cl. The van der Waals surface area contributed by atoms with Crippen LogP contribution in [0.1, 0.15) is 16.8 Å². The lowest BCUT2D eigenvalue weighted by molar-refractivity contribution is -0.141. The number of nitrogens with zero attached hydrogens (tertiary/aromatic N) is 1. The van der Waals surface area contributed by atoms with Crippen molar-refractivity contribution in [1.29, 1.82) is 0 Å². The van der Waals surface area contributed by atoms with Crippen LogP contribution in [0.15, 0.2) is 12.1 Å². The topological polar surface area (TPSA) is 92.9 Å². The van der Waals surface area contributed by atoms with Crippen molar-refractivity contribution >= 4 is 40.8 Å². The quantitative estimate of drug-likeness (QED) is 0.824. The van der Waals surface area contributed by atoms with E-state index in [-0.39, 0.29) is 34.6 Å². The monoisotopic (exact) mass is 332 g/mol. The van der Waals surface area contributed by atoms with Gasteiger partial charge in [-0.2, -0.15) is 0 Å². The molecule has 3 N–H and O–H groups in total. The Morgan fingerprint density at radius 2 is 2.00 bits per heavy atom. The molecule has 0 bridgehead atoms. The summed E-state index contributed by atoms with van der Waals surface area (Å²) in [5.74, 6) is -1.25. The number of halogens is 2. The first kappa shape index (κ1) is 15.9. The Balaban J connectivity index is 2.14. The van der Waals surface area contributed by atoms with Crippen LogP contribution in [0, 0.1) is 0 Å². The Morgan fingerprint density at radius 1 is 1.38 bits per heavy atom. The Morgan fingerprint density at radius 3 is 2.57 bits per heavy atom. The molecule has 1 aliphatic rings. The number of morpholine rings is 1. The van der Waals surface area contributed by atoms with E-state index in [0.29, 0.717) is 18.7 Å². The Hall–Kier alpha value is -1.50. The molecule has 1 aromatic rings. The average molecular weight is 333 g/mol. The third-order valence-electron chi connectivity index (χ3n) is 3.15. The van der Waals surface area contributed by atoms with Crippen molar-refractivity contribution < 1.29 is 19.4 Å². The van der Waals surface area contributed by atoms with Gasteiger partial charge >= 0.3 is 5.97 Å². The van der Waals surface area contributed by atoms with Gasteiger partial charge in [-0.05, 0) is 12.1 Å². The van der Waals surface area contributed by atoms with Gasteiger partial charge in [0.25, 0.3) is 5.91 Å². The lowest BCUT2D eigenvalue weighted by atomic mass is 10.1. The Labute approximate surface area is 131 Å². The molecule has 1 aliphatic heterocycles. The molecule has 0 aliphatic carbocycles. The summed E-state index contributed by atoms with van der Waals surface area (Å²) in [6.07, 6.45) is -0.660. The van der Waals surface area contributed by atoms with E-state index < -0.39 is 12.1 Å². The summed E-state index contributed by atoms with van der Waals surface area (Å²) in [6, 6.07) is 2.90. The standard InChI is InChI=1S/C13H14Cl2N2O4/c14-9-3-7(4-10(15)12(9)16)13(20)17-1-2-21-8(6-17)5-11(18)19/h3-4,8H,1-2,5-6,16H2,(H,18,19). The number of hydrogen-bond donors (Lipinski definition) is 2. The predicted octanol–water partition coefficient (Wildman–Crippen LogP) is 1.89. The molecule has 0 spiro atoms. The van der Waals surface area contributed by atoms with Gasteiger partial charge in [-0.3, -0.25) is 9.59 Å². The van der Waals surface area contributed by atoms with Crippen molar-refractivity contribution in [2.24, 2.45) is 0 Å². The van der Waals surface area contributed by atoms with Gasteiger partial charge in [0.1, 0.15) is 0 Å². The summed E-state index contributed by atoms with van der Waals surface area (Å²) < 4.78 is 5.32. The maximum Gasteiger partial charge on any atom is 0.306 e. The molecule has 1 heterocycles. The number of nitrogens with two attached hydrogens (primary N) is 1. The van der Waals surface area contributed by atoms with E-state index in [4.69, 9.17) is 38.8 Å². The number of carbonyl (C=O) groups is 2. The second kappa shape index (κ2) is 6.51. The van der Waals surface area contributed by atoms with Crippen LogP contribution < -0.4 is 5.73 Å². The molecule has 0 saturated carbocycles. The van der Waals surface area contributed by atoms with Gasteiger partial charge in [-0.15, -0.1) is 0 Å². The van der Waals surface area contributed by atoms with Gasteiger partial charge in [0.2, 0.25) is 0 Å². The van der Waals surface area contributed by atoms with E-state index in [1.807, 2.05) is 0 Å². The lowest BCUT2D eigenvalue weighted by Crippen LogP contribution is -2.46. The first-order valence-electron chi connectivity index (χ1n) is 6.25. The third kappa shape index (κ3) is 3.78. The highest BCUT2D eigenvalue weighted by molar-refractivity contribution is 6.39. The van der Waals surface area contributed by atoms with E-state index in [1.54, 1.807) is 0 Å². The minimum absolute atomic E-state index is 0.146. The fourth-order valence-electron chi connectivity index (χ4n) is 2.11. The average Bonchev–Trinajstić information content (AvgIpc) is 2.43. The summed E-state index contributed by atoms with van der Waals surface area (Å²) in [5, 5.41) is 9.20. The number of amides is 1. The first-order chi connectivity index (χ1) is 9.88. The molecular formula is C13H14Cl2N2O4. The fraction of sp³-hybridized carbons (Fsp3) is 0.385. The van der Waals surface area contributed by atoms with E-state index in [2.05, 4.69) is 0 Å². The molecule has 21 heavy (non-hydrogen) atoms. The zero-order valence-electron chi connectivity index (χ0n) is 11.0. The lowest BCUT2D eigenvalue weighted by Gasteiger charge is -2.32. The maximum absolute atomic E-state index is 12.4. The van der Waals surface area contributed by atoms with Gasteiger partial charge in [0.15, 0.2) is 0 Å². The number of rotatable bonds is 3. The number of hydrogen-bond acceptors (Lipinski definition) is 4. The number of anilines is 1. The molecule has 1 amide bonds. The fourth-order valence-corrected chi connectivity index (χ4v) is 2.60. The molecule has 1 unspecified atom stereocenters. The molecule has 0 aromatic heterocycles. The molecule has 1 saturated heterocycles. The predicted molar refractivity (Wildman–Crippen MR) is 78.8 cm³/mol. The van der Waals surface area contributed by atoms with Crippen molar-refractivity contribution in [1.82, 2.24) is 4.90 Å². The highest BCUT2D eigenvalue weighted by Crippen LogP contribution is 2.29. The van der Waals surface area contributed by atoms with E-state index in [1.165, 1.54) is 17.0 Å². The van der Waals surface area contributed by atoms with Crippen LogP contribution in [0.3, 0.4) is 0 Å². The van der Waals surface area contributed by atoms with Gasteiger partial charge in [-0.1, -0.05) is 23.2 Å². The molecule has 114 valence electrons. The summed E-state index contributed by atoms with van der Waals surface area (Å²) in [7, 11) is 0. The summed E-state index contributed by atoms with van der Waals surface area (Å²) in [6.45, 7) is 0.888. The van der Waals surface area contributed by atoms with Gasteiger partial charge in [0.05, 0.1) is 34.9 Å². The van der Waals surface area contributed by atoms with Gasteiger partial charge in [0, 0.05) is 18.7 Å². The molecule has 8 heteroatoms. The summed E-state index contributed by atoms with van der Waals surface area (Å²) >= 11 is 11.8. The summed E-state index contributed by atoms with van der Waals surface area (Å²) in [4.78, 5) is 24.6. The zero-order valence-corrected chi connectivity index (χ0v) is 12.5. The molecular weight excluding hydrogens is 319 g/mol. The highest BCUT2D eigenvalue weighted by atomic mass is 35.5. The number of carboxylic acid groups (broad SMARTS) is 1. The van der Waals surface area contributed by atoms with E-state index in [9.17, 15) is 9.59 Å². The van der Waals surface area contributed by atoms with Crippen molar-refractivity contribution in [2.75, 3.05) is 25.4 Å². The smallest absolute Gasteiger partial charge is 0.306 e. The van der Waals surface area contributed by atoms with Crippen molar-refractivity contribution in [2.45, 2.75) is 12.5 Å². The zero-order chi connectivity index (χ0) is 15.6. The van der Waals surface area contributed by atoms with Crippen LogP contribution in [0.5, 0.6) is 0 Å². The Bertz CT molecular complexity index is 556. The van der Waals surface area contributed by atoms with Crippen molar-refractivity contribution in [3.63, 3.8) is 0 Å². The van der Waals surface area contributed by atoms with Crippen molar-refractivity contribution in [3.05, 3.63) is 27.7 Å². The van der Waals surface area contributed by atoms with Crippen LogP contribution >= 0.6 is 23.2 Å². The Kier molecular flexibility index (Phi) is 4.92. The van der Waals surface area contributed by atoms with Gasteiger partial charge in [-0.25, -0.2) is 0 Å².